The normalized spacial score (nSPS) is 21.2. The van der Waals surface area contributed by atoms with E-state index >= 15 is 0 Å². The highest BCUT2D eigenvalue weighted by molar-refractivity contribution is 5.73. The predicted molar refractivity (Wildman–Crippen MR) is 151 cm³/mol. The average molecular weight is 615 g/mol. The second-order valence-corrected chi connectivity index (χ2v) is 12.2. The molecule has 11 heteroatoms. The molecule has 2 saturated heterocycles. The van der Waals surface area contributed by atoms with Gasteiger partial charge < -0.3 is 14.7 Å². The maximum absolute atomic E-state index is 14.1. The highest BCUT2D eigenvalue weighted by Crippen LogP contribution is 2.37. The maximum atomic E-state index is 14.1. The molecule has 3 fully saturated rings. The molecule has 1 N–H and O–H groups in total. The van der Waals surface area contributed by atoms with Crippen LogP contribution in [0.25, 0.3) is 0 Å². The number of piperidine rings is 1. The van der Waals surface area contributed by atoms with E-state index in [1.165, 1.54) is 31.0 Å². The Morgan fingerprint density at radius 3 is 2.21 bits per heavy atom. The molecule has 2 aromatic rings. The lowest BCUT2D eigenvalue weighted by molar-refractivity contribution is -0.274. The molecule has 1 aliphatic carbocycles. The van der Waals surface area contributed by atoms with Crippen LogP contribution in [0.2, 0.25) is 0 Å². The van der Waals surface area contributed by atoms with Crippen molar-refractivity contribution < 1.29 is 41.0 Å². The molecule has 2 aromatic carbocycles. The van der Waals surface area contributed by atoms with Crippen LogP contribution in [0.1, 0.15) is 62.0 Å². The molecule has 0 radical (unpaired) electrons. The fraction of sp³-hybridized carbons (Fsp3) is 0.594. The number of alkyl halides is 5. The van der Waals surface area contributed by atoms with E-state index in [1.54, 1.807) is 12.1 Å². The van der Waals surface area contributed by atoms with Gasteiger partial charge in [-0.05, 0) is 106 Å². The lowest BCUT2D eigenvalue weighted by Gasteiger charge is -2.31. The molecule has 5 nitrogen and oxygen atoms in total. The molecule has 2 aliphatic heterocycles. The van der Waals surface area contributed by atoms with Crippen LogP contribution in [-0.2, 0) is 11.2 Å². The van der Waals surface area contributed by atoms with Gasteiger partial charge in [0.15, 0.2) is 0 Å². The van der Waals surface area contributed by atoms with Crippen molar-refractivity contribution in [3.8, 4) is 5.75 Å². The Morgan fingerprint density at radius 1 is 0.953 bits per heavy atom. The number of benzene rings is 2. The summed E-state index contributed by atoms with van der Waals surface area (Å²) in [5, 5.41) is 9.41. The SMILES string of the molecule is CN1CCC(CC(F)(F)Cc2ccc(OC(F)(F)F)cc2)CC1.O=C(O)C(CC1CC1)N1CCC(c2cccc(F)c2)C1. The molecule has 43 heavy (non-hydrogen) atoms. The Bertz CT molecular complexity index is 1180. The number of aliphatic carboxylic acids is 1. The fourth-order valence-electron chi connectivity index (χ4n) is 6.05. The molecule has 1 saturated carbocycles. The summed E-state index contributed by atoms with van der Waals surface area (Å²) in [7, 11) is 1.97. The standard InChI is InChI=1S/C16H20F5NO.C16H20FNO2/c1-22-8-6-13(7-9-22)11-15(17,18)10-12-2-4-14(5-3-12)23-16(19,20)21;17-14-3-1-2-12(9-14)13-6-7-18(10-13)15(16(19)20)8-11-4-5-11/h2-5,13H,6-11H2,1H3;1-3,9,11,13,15H,4-8,10H2,(H,19,20). The van der Waals surface area contributed by atoms with Crippen LogP contribution in [0.3, 0.4) is 0 Å². The number of rotatable bonds is 10. The van der Waals surface area contributed by atoms with E-state index in [-0.39, 0.29) is 30.1 Å². The van der Waals surface area contributed by atoms with Gasteiger partial charge >= 0.3 is 12.3 Å². The van der Waals surface area contributed by atoms with E-state index in [9.17, 15) is 36.2 Å². The number of ether oxygens (including phenoxy) is 1. The molecule has 238 valence electrons. The highest BCUT2D eigenvalue weighted by Gasteiger charge is 2.37. The third kappa shape index (κ3) is 11.0. The van der Waals surface area contributed by atoms with Gasteiger partial charge in [0.2, 0.25) is 0 Å². The zero-order valence-corrected chi connectivity index (χ0v) is 24.3. The van der Waals surface area contributed by atoms with Gasteiger partial charge in [-0.1, -0.05) is 37.1 Å². The Balaban J connectivity index is 0.000000198. The van der Waals surface area contributed by atoms with E-state index < -0.39 is 30.4 Å². The van der Waals surface area contributed by atoms with Crippen molar-refractivity contribution in [3.05, 3.63) is 65.5 Å². The van der Waals surface area contributed by atoms with E-state index in [0.29, 0.717) is 11.5 Å². The van der Waals surface area contributed by atoms with Crippen LogP contribution >= 0.6 is 0 Å². The van der Waals surface area contributed by atoms with Crippen molar-refractivity contribution in [2.45, 2.75) is 75.6 Å². The van der Waals surface area contributed by atoms with E-state index in [4.69, 9.17) is 0 Å². The monoisotopic (exact) mass is 614 g/mol. The smallest absolute Gasteiger partial charge is 0.480 e. The van der Waals surface area contributed by atoms with Gasteiger partial charge in [-0.25, -0.2) is 13.2 Å². The summed E-state index contributed by atoms with van der Waals surface area (Å²) in [4.78, 5) is 15.6. The van der Waals surface area contributed by atoms with Crippen molar-refractivity contribution in [2.24, 2.45) is 11.8 Å². The molecular weight excluding hydrogens is 574 g/mol. The summed E-state index contributed by atoms with van der Waals surface area (Å²) in [6.07, 6.45) is 0.112. The largest absolute Gasteiger partial charge is 0.573 e. The summed E-state index contributed by atoms with van der Waals surface area (Å²) in [6.45, 7) is 3.17. The molecule has 0 aromatic heterocycles. The van der Waals surface area contributed by atoms with Gasteiger partial charge in [0.1, 0.15) is 17.6 Å². The summed E-state index contributed by atoms with van der Waals surface area (Å²) < 4.78 is 81.4. The first kappa shape index (κ1) is 33.1. The first-order valence-electron chi connectivity index (χ1n) is 14.9. The van der Waals surface area contributed by atoms with E-state index in [0.717, 1.165) is 69.6 Å². The van der Waals surface area contributed by atoms with Crippen molar-refractivity contribution >= 4 is 5.97 Å². The second kappa shape index (κ2) is 14.3. The molecule has 2 heterocycles. The van der Waals surface area contributed by atoms with Crippen LogP contribution in [0.15, 0.2) is 48.5 Å². The molecule has 0 spiro atoms. The Hall–Kier alpha value is -2.79. The van der Waals surface area contributed by atoms with E-state index in [2.05, 4.69) is 14.5 Å². The number of hydrogen-bond acceptors (Lipinski definition) is 4. The van der Waals surface area contributed by atoms with Gasteiger partial charge in [-0.15, -0.1) is 13.2 Å². The molecule has 0 bridgehead atoms. The third-order valence-corrected chi connectivity index (χ3v) is 8.56. The van der Waals surface area contributed by atoms with Crippen molar-refractivity contribution in [3.63, 3.8) is 0 Å². The number of carbonyl (C=O) groups is 1. The van der Waals surface area contributed by atoms with Crippen molar-refractivity contribution in [2.75, 3.05) is 33.2 Å². The topological polar surface area (TPSA) is 53.0 Å². The molecule has 5 rings (SSSR count). The number of likely N-dealkylation sites (tertiary alicyclic amines) is 2. The third-order valence-electron chi connectivity index (χ3n) is 8.56. The number of halogens is 6. The summed E-state index contributed by atoms with van der Waals surface area (Å²) in [6, 6.07) is 11.0. The van der Waals surface area contributed by atoms with Crippen molar-refractivity contribution in [1.29, 1.82) is 0 Å². The van der Waals surface area contributed by atoms with Crippen LogP contribution in [0, 0.1) is 17.7 Å². The Labute approximate surface area is 248 Å². The minimum absolute atomic E-state index is 0.00552. The molecule has 0 amide bonds. The molecular formula is C32H40F6N2O3. The first-order valence-corrected chi connectivity index (χ1v) is 14.9. The van der Waals surface area contributed by atoms with E-state index in [1.807, 2.05) is 13.1 Å². The zero-order valence-electron chi connectivity index (χ0n) is 24.3. The maximum Gasteiger partial charge on any atom is 0.573 e. The number of hydrogen-bond donors (Lipinski definition) is 1. The van der Waals surface area contributed by atoms with Crippen molar-refractivity contribution in [1.82, 2.24) is 9.80 Å². The highest BCUT2D eigenvalue weighted by atomic mass is 19.4. The van der Waals surface area contributed by atoms with Crippen LogP contribution in [0.4, 0.5) is 26.3 Å². The van der Waals surface area contributed by atoms with Gasteiger partial charge in [-0.2, -0.15) is 0 Å². The second-order valence-electron chi connectivity index (χ2n) is 12.2. The zero-order chi connectivity index (χ0) is 31.2. The van der Waals surface area contributed by atoms with Gasteiger partial charge in [0.05, 0.1) is 0 Å². The quantitative estimate of drug-likeness (QED) is 0.284. The Morgan fingerprint density at radius 2 is 1.63 bits per heavy atom. The summed E-state index contributed by atoms with van der Waals surface area (Å²) >= 11 is 0. The van der Waals surface area contributed by atoms with Gasteiger partial charge in [-0.3, -0.25) is 9.69 Å². The summed E-state index contributed by atoms with van der Waals surface area (Å²) in [5.41, 5.74) is 1.29. The van der Waals surface area contributed by atoms with Gasteiger partial charge in [0.25, 0.3) is 5.92 Å². The number of carboxylic acids is 1. The lowest BCUT2D eigenvalue weighted by atomic mass is 9.89. The van der Waals surface area contributed by atoms with Crippen LogP contribution in [0.5, 0.6) is 5.75 Å². The minimum atomic E-state index is -4.78. The van der Waals surface area contributed by atoms with Gasteiger partial charge in [0, 0.05) is 19.4 Å². The molecule has 2 unspecified atom stereocenters. The summed E-state index contributed by atoms with van der Waals surface area (Å²) in [5.74, 6) is -3.33. The molecule has 2 atom stereocenters. The predicted octanol–water partition coefficient (Wildman–Crippen LogP) is 7.36. The number of carboxylic acid groups (broad SMARTS) is 1. The fourth-order valence-corrected chi connectivity index (χ4v) is 6.05. The number of nitrogens with zero attached hydrogens (tertiary/aromatic N) is 2. The first-order chi connectivity index (χ1) is 20.3. The minimum Gasteiger partial charge on any atom is -0.480 e. The Kier molecular flexibility index (Phi) is 11.0. The van der Waals surface area contributed by atoms with Crippen LogP contribution < -0.4 is 4.74 Å². The van der Waals surface area contributed by atoms with Crippen LogP contribution in [-0.4, -0.2) is 72.4 Å². The molecule has 3 aliphatic rings. The lowest BCUT2D eigenvalue weighted by Crippen LogP contribution is -2.40. The average Bonchev–Trinajstić information content (AvgIpc) is 3.62.